The van der Waals surface area contributed by atoms with Crippen molar-refractivity contribution in [1.29, 1.82) is 0 Å². The lowest BCUT2D eigenvalue weighted by molar-refractivity contribution is 0.0695. The van der Waals surface area contributed by atoms with Crippen LogP contribution in [0, 0.1) is 0 Å². The summed E-state index contributed by atoms with van der Waals surface area (Å²) in [5.74, 6) is -1.85. The smallest absolute Gasteiger partial charge is 0.335 e. The Labute approximate surface area is 122 Å². The molecule has 0 radical (unpaired) electrons. The van der Waals surface area contributed by atoms with Gasteiger partial charge in [0.1, 0.15) is 4.90 Å². The molecule has 1 heterocycles. The van der Waals surface area contributed by atoms with Gasteiger partial charge in [0, 0.05) is 20.3 Å². The van der Waals surface area contributed by atoms with Gasteiger partial charge in [0.2, 0.25) is 0 Å². The molecule has 1 aromatic carbocycles. The van der Waals surface area contributed by atoms with E-state index in [-0.39, 0.29) is 22.6 Å². The van der Waals surface area contributed by atoms with Gasteiger partial charge in [0.05, 0.1) is 11.1 Å². The summed E-state index contributed by atoms with van der Waals surface area (Å²) in [4.78, 5) is 22.8. The molecule has 8 heteroatoms. The maximum Gasteiger partial charge on any atom is 0.335 e. The number of amides is 1. The Balaban J connectivity index is 2.29. The van der Waals surface area contributed by atoms with Crippen molar-refractivity contribution in [2.24, 2.45) is 0 Å². The van der Waals surface area contributed by atoms with Gasteiger partial charge < -0.3 is 9.84 Å². The molecule has 0 aliphatic carbocycles. The minimum atomic E-state index is -3.96. The molecule has 0 atom stereocenters. The third-order valence-corrected chi connectivity index (χ3v) is 5.04. The van der Waals surface area contributed by atoms with E-state index in [9.17, 15) is 18.0 Å². The third-order valence-electron chi connectivity index (χ3n) is 3.21. The molecule has 0 bridgehead atoms. The van der Waals surface area contributed by atoms with E-state index >= 15 is 0 Å². The maximum atomic E-state index is 12.3. The van der Waals surface area contributed by atoms with Crippen LogP contribution in [0.15, 0.2) is 23.1 Å². The van der Waals surface area contributed by atoms with Crippen molar-refractivity contribution in [2.45, 2.75) is 17.7 Å². The van der Waals surface area contributed by atoms with Crippen LogP contribution in [0.2, 0.25) is 0 Å². The van der Waals surface area contributed by atoms with Crippen molar-refractivity contribution in [2.75, 3.05) is 20.3 Å². The van der Waals surface area contributed by atoms with Gasteiger partial charge in [0.25, 0.3) is 15.9 Å². The third kappa shape index (κ3) is 2.77. The number of hydrogen-bond donors (Lipinski definition) is 1. The maximum absolute atomic E-state index is 12.3. The van der Waals surface area contributed by atoms with Gasteiger partial charge in [-0.2, -0.15) is 0 Å². The van der Waals surface area contributed by atoms with Crippen molar-refractivity contribution < 1.29 is 27.9 Å². The number of carboxylic acids is 1. The second-order valence-electron chi connectivity index (χ2n) is 4.60. The number of hydrogen-bond acceptors (Lipinski definition) is 5. The second kappa shape index (κ2) is 5.82. The van der Waals surface area contributed by atoms with Crippen LogP contribution in [0.3, 0.4) is 0 Å². The Morgan fingerprint density at radius 1 is 1.33 bits per heavy atom. The van der Waals surface area contributed by atoms with Gasteiger partial charge in [-0.15, -0.1) is 0 Å². The predicted molar refractivity (Wildman–Crippen MR) is 72.7 cm³/mol. The number of ether oxygens (including phenoxy) is 1. The van der Waals surface area contributed by atoms with Crippen molar-refractivity contribution in [3.8, 4) is 0 Å². The molecule has 0 aromatic heterocycles. The van der Waals surface area contributed by atoms with E-state index in [0.717, 1.165) is 10.4 Å². The number of aromatic carboxylic acids is 1. The summed E-state index contributed by atoms with van der Waals surface area (Å²) in [5.41, 5.74) is -0.141. The summed E-state index contributed by atoms with van der Waals surface area (Å²) < 4.78 is 30.3. The van der Waals surface area contributed by atoms with E-state index in [2.05, 4.69) is 0 Å². The summed E-state index contributed by atoms with van der Waals surface area (Å²) in [7, 11) is -2.42. The molecule has 1 amide bonds. The zero-order valence-corrected chi connectivity index (χ0v) is 12.2. The van der Waals surface area contributed by atoms with Crippen LogP contribution in [0.5, 0.6) is 0 Å². The number of sulfonamides is 1. The first-order valence-electron chi connectivity index (χ1n) is 6.33. The number of unbranched alkanes of at least 4 members (excludes halogenated alkanes) is 1. The molecule has 0 saturated heterocycles. The van der Waals surface area contributed by atoms with Crippen LogP contribution in [0.1, 0.15) is 33.6 Å². The average molecular weight is 313 g/mol. The molecule has 0 fully saturated rings. The number of methoxy groups -OCH3 is 1. The summed E-state index contributed by atoms with van der Waals surface area (Å²) in [6, 6.07) is 3.50. The molecule has 0 saturated carbocycles. The van der Waals surface area contributed by atoms with E-state index in [1.807, 2.05) is 0 Å². The summed E-state index contributed by atoms with van der Waals surface area (Å²) in [5, 5.41) is 8.91. The first kappa shape index (κ1) is 15.5. The molecule has 114 valence electrons. The molecule has 0 spiro atoms. The van der Waals surface area contributed by atoms with Crippen LogP contribution in [-0.2, 0) is 14.8 Å². The van der Waals surface area contributed by atoms with E-state index in [4.69, 9.17) is 9.84 Å². The van der Waals surface area contributed by atoms with Crippen molar-refractivity contribution >= 4 is 21.9 Å². The van der Waals surface area contributed by atoms with Gasteiger partial charge >= 0.3 is 5.97 Å². The van der Waals surface area contributed by atoms with Crippen molar-refractivity contribution in [3.63, 3.8) is 0 Å². The van der Waals surface area contributed by atoms with Crippen LogP contribution in [0.4, 0.5) is 0 Å². The SMILES string of the molecule is COCCCCN1C(=O)c2ccc(C(=O)O)cc2S1(=O)=O. The highest BCUT2D eigenvalue weighted by atomic mass is 32.2. The minimum absolute atomic E-state index is 0.0201. The van der Waals surface area contributed by atoms with E-state index in [0.29, 0.717) is 19.4 Å². The topological polar surface area (TPSA) is 101 Å². The van der Waals surface area contributed by atoms with Gasteiger partial charge in [-0.1, -0.05) is 0 Å². The fourth-order valence-electron chi connectivity index (χ4n) is 2.13. The normalized spacial score (nSPS) is 16.0. The lowest BCUT2D eigenvalue weighted by atomic mass is 10.1. The summed E-state index contributed by atoms with van der Waals surface area (Å²) in [6.07, 6.45) is 1.12. The lowest BCUT2D eigenvalue weighted by Crippen LogP contribution is -2.31. The second-order valence-corrected chi connectivity index (χ2v) is 6.43. The fourth-order valence-corrected chi connectivity index (χ4v) is 3.76. The molecule has 21 heavy (non-hydrogen) atoms. The Morgan fingerprint density at radius 3 is 2.67 bits per heavy atom. The number of carboxylic acid groups (broad SMARTS) is 1. The van der Waals surface area contributed by atoms with Gasteiger partial charge in [-0.25, -0.2) is 17.5 Å². The predicted octanol–water partition coefficient (Wildman–Crippen LogP) is 0.956. The van der Waals surface area contributed by atoms with E-state index in [1.54, 1.807) is 7.11 Å². The number of fused-ring (bicyclic) bond motifs is 1. The first-order valence-corrected chi connectivity index (χ1v) is 7.77. The Bertz CT molecular complexity index is 682. The van der Waals surface area contributed by atoms with Crippen LogP contribution >= 0.6 is 0 Å². The van der Waals surface area contributed by atoms with E-state index < -0.39 is 21.9 Å². The van der Waals surface area contributed by atoms with E-state index in [1.165, 1.54) is 12.1 Å². The highest BCUT2D eigenvalue weighted by molar-refractivity contribution is 7.90. The first-order chi connectivity index (χ1) is 9.89. The molecule has 7 nitrogen and oxygen atoms in total. The molecule has 1 aromatic rings. The zero-order chi connectivity index (χ0) is 15.6. The Kier molecular flexibility index (Phi) is 4.29. The monoisotopic (exact) mass is 313 g/mol. The molecule has 0 unspecified atom stereocenters. The molecule has 1 aliphatic heterocycles. The number of carbonyl (C=O) groups excluding carboxylic acids is 1. The largest absolute Gasteiger partial charge is 0.478 e. The number of nitrogens with zero attached hydrogens (tertiary/aromatic N) is 1. The Morgan fingerprint density at radius 2 is 2.05 bits per heavy atom. The fraction of sp³-hybridized carbons (Fsp3) is 0.385. The van der Waals surface area contributed by atoms with Gasteiger partial charge in [-0.3, -0.25) is 4.79 Å². The molecule has 1 aliphatic rings. The van der Waals surface area contributed by atoms with Crippen molar-refractivity contribution in [3.05, 3.63) is 29.3 Å². The van der Waals surface area contributed by atoms with Gasteiger partial charge in [0.15, 0.2) is 0 Å². The van der Waals surface area contributed by atoms with Crippen molar-refractivity contribution in [1.82, 2.24) is 4.31 Å². The highest BCUT2D eigenvalue weighted by Gasteiger charge is 2.41. The van der Waals surface area contributed by atoms with Crippen LogP contribution in [0.25, 0.3) is 0 Å². The number of rotatable bonds is 6. The quantitative estimate of drug-likeness (QED) is 0.785. The van der Waals surface area contributed by atoms with Gasteiger partial charge in [-0.05, 0) is 31.0 Å². The molecule has 2 rings (SSSR count). The van der Waals surface area contributed by atoms with Crippen LogP contribution < -0.4 is 0 Å². The summed E-state index contributed by atoms with van der Waals surface area (Å²) >= 11 is 0. The van der Waals surface area contributed by atoms with Crippen LogP contribution in [-0.4, -0.2) is 50.0 Å². The number of benzene rings is 1. The zero-order valence-electron chi connectivity index (χ0n) is 11.4. The minimum Gasteiger partial charge on any atom is -0.478 e. The molecular formula is C13H15NO6S. The Hall–Kier alpha value is -1.93. The highest BCUT2D eigenvalue weighted by Crippen LogP contribution is 2.31. The molecular weight excluding hydrogens is 298 g/mol. The summed E-state index contributed by atoms with van der Waals surface area (Å²) in [6.45, 7) is 0.541. The number of carbonyl (C=O) groups is 2. The lowest BCUT2D eigenvalue weighted by Gasteiger charge is -2.14. The standard InChI is InChI=1S/C13H15NO6S/c1-20-7-3-2-6-14-12(15)10-5-4-9(13(16)17)8-11(10)21(14,18)19/h4-5,8H,2-3,6-7H2,1H3,(H,16,17). The average Bonchev–Trinajstić information content (AvgIpc) is 2.63. The molecule has 1 N–H and O–H groups in total.